The van der Waals surface area contributed by atoms with E-state index in [0.29, 0.717) is 6.54 Å². The van der Waals surface area contributed by atoms with Gasteiger partial charge in [0.2, 0.25) is 0 Å². The summed E-state index contributed by atoms with van der Waals surface area (Å²) in [6.07, 6.45) is 0. The Kier molecular flexibility index (Phi) is 3.56. The number of para-hydroxylation sites is 1. The number of carbonyl (C=O) groups is 1. The molecule has 3 N–H and O–H groups in total. The van der Waals surface area contributed by atoms with E-state index in [-0.39, 0.29) is 5.91 Å². The van der Waals surface area contributed by atoms with Crippen LogP contribution in [-0.2, 0) is 6.54 Å². The average Bonchev–Trinajstić information content (AvgIpc) is 2.76. The molecule has 0 atom stereocenters. The molecule has 17 heavy (non-hydrogen) atoms. The van der Waals surface area contributed by atoms with E-state index in [0.717, 1.165) is 21.7 Å². The minimum absolute atomic E-state index is 0.0709. The Balaban J connectivity index is 2.22. The van der Waals surface area contributed by atoms with Gasteiger partial charge in [0.15, 0.2) is 0 Å². The normalized spacial score (nSPS) is 10.2. The minimum atomic E-state index is -0.0709. The zero-order valence-electron chi connectivity index (χ0n) is 9.57. The SMILES string of the molecule is Cc1ccsc1C(=O)Nc1ccccc1CN. The number of aryl methyl sites for hydroxylation is 1. The topological polar surface area (TPSA) is 55.1 Å². The Morgan fingerprint density at radius 3 is 2.76 bits per heavy atom. The number of rotatable bonds is 3. The summed E-state index contributed by atoms with van der Waals surface area (Å²) in [6.45, 7) is 2.35. The lowest BCUT2D eigenvalue weighted by molar-refractivity contribution is 0.103. The van der Waals surface area contributed by atoms with Crippen LogP contribution in [0, 0.1) is 6.92 Å². The summed E-state index contributed by atoms with van der Waals surface area (Å²) in [7, 11) is 0. The maximum atomic E-state index is 12.0. The van der Waals surface area contributed by atoms with Crippen molar-refractivity contribution in [2.24, 2.45) is 5.73 Å². The van der Waals surface area contributed by atoms with Crippen LogP contribution in [0.4, 0.5) is 5.69 Å². The molecule has 0 unspecified atom stereocenters. The van der Waals surface area contributed by atoms with E-state index in [1.807, 2.05) is 42.6 Å². The number of benzene rings is 1. The first kappa shape index (κ1) is 11.8. The Morgan fingerprint density at radius 1 is 1.35 bits per heavy atom. The fraction of sp³-hybridized carbons (Fsp3) is 0.154. The highest BCUT2D eigenvalue weighted by molar-refractivity contribution is 7.12. The molecule has 0 aliphatic rings. The molecule has 0 spiro atoms. The second-order valence-corrected chi connectivity index (χ2v) is 4.66. The van der Waals surface area contributed by atoms with Crippen LogP contribution in [0.15, 0.2) is 35.7 Å². The molecule has 0 radical (unpaired) electrons. The standard InChI is InChI=1S/C13H14N2OS/c1-9-6-7-17-12(9)13(16)15-11-5-3-2-4-10(11)8-14/h2-7H,8,14H2,1H3,(H,15,16). The zero-order chi connectivity index (χ0) is 12.3. The summed E-state index contributed by atoms with van der Waals surface area (Å²) in [4.78, 5) is 12.8. The van der Waals surface area contributed by atoms with Gasteiger partial charge in [-0.25, -0.2) is 0 Å². The van der Waals surface area contributed by atoms with Crippen LogP contribution in [-0.4, -0.2) is 5.91 Å². The molecule has 0 saturated carbocycles. The number of nitrogens with one attached hydrogen (secondary N) is 1. The van der Waals surface area contributed by atoms with Crippen LogP contribution in [0.1, 0.15) is 20.8 Å². The summed E-state index contributed by atoms with van der Waals surface area (Å²) in [5.74, 6) is -0.0709. The van der Waals surface area contributed by atoms with Crippen molar-refractivity contribution in [2.75, 3.05) is 5.32 Å². The van der Waals surface area contributed by atoms with Gasteiger partial charge in [-0.3, -0.25) is 4.79 Å². The van der Waals surface area contributed by atoms with Gasteiger partial charge in [-0.05, 0) is 35.6 Å². The van der Waals surface area contributed by atoms with Crippen molar-refractivity contribution >= 4 is 22.9 Å². The average molecular weight is 246 g/mol. The van der Waals surface area contributed by atoms with Gasteiger partial charge in [0, 0.05) is 12.2 Å². The van der Waals surface area contributed by atoms with Gasteiger partial charge >= 0.3 is 0 Å². The molecule has 88 valence electrons. The lowest BCUT2D eigenvalue weighted by atomic mass is 10.1. The largest absolute Gasteiger partial charge is 0.326 e. The Bertz CT molecular complexity index is 534. The quantitative estimate of drug-likeness (QED) is 0.875. The highest BCUT2D eigenvalue weighted by Gasteiger charge is 2.11. The van der Waals surface area contributed by atoms with Crippen molar-refractivity contribution in [3.8, 4) is 0 Å². The third kappa shape index (κ3) is 2.54. The van der Waals surface area contributed by atoms with E-state index < -0.39 is 0 Å². The molecule has 1 heterocycles. The van der Waals surface area contributed by atoms with E-state index in [4.69, 9.17) is 5.73 Å². The molecular weight excluding hydrogens is 232 g/mol. The molecule has 1 aromatic heterocycles. The second kappa shape index (κ2) is 5.12. The van der Waals surface area contributed by atoms with Gasteiger partial charge in [0.1, 0.15) is 0 Å². The second-order valence-electron chi connectivity index (χ2n) is 3.75. The number of hydrogen-bond donors (Lipinski definition) is 2. The van der Waals surface area contributed by atoms with Gasteiger partial charge in [0.25, 0.3) is 5.91 Å². The Labute approximate surface area is 104 Å². The number of thiophene rings is 1. The number of amides is 1. The molecule has 0 aliphatic heterocycles. The summed E-state index contributed by atoms with van der Waals surface area (Å²) in [5, 5.41) is 4.81. The predicted octanol–water partition coefficient (Wildman–Crippen LogP) is 2.77. The fourth-order valence-corrected chi connectivity index (χ4v) is 2.42. The van der Waals surface area contributed by atoms with E-state index in [1.54, 1.807) is 0 Å². The molecule has 2 rings (SSSR count). The van der Waals surface area contributed by atoms with Crippen LogP contribution in [0.5, 0.6) is 0 Å². The smallest absolute Gasteiger partial charge is 0.266 e. The molecule has 1 aromatic carbocycles. The molecular formula is C13H14N2OS. The lowest BCUT2D eigenvalue weighted by Crippen LogP contribution is -2.13. The van der Waals surface area contributed by atoms with Crippen molar-refractivity contribution in [1.82, 2.24) is 0 Å². The summed E-state index contributed by atoms with van der Waals surface area (Å²) in [5.41, 5.74) is 8.35. The van der Waals surface area contributed by atoms with E-state index in [1.165, 1.54) is 11.3 Å². The van der Waals surface area contributed by atoms with E-state index in [2.05, 4.69) is 5.32 Å². The van der Waals surface area contributed by atoms with E-state index in [9.17, 15) is 4.79 Å². The summed E-state index contributed by atoms with van der Waals surface area (Å²) in [6, 6.07) is 9.51. The van der Waals surface area contributed by atoms with Crippen LogP contribution in [0.25, 0.3) is 0 Å². The van der Waals surface area contributed by atoms with Gasteiger partial charge in [-0.2, -0.15) is 0 Å². The number of nitrogens with two attached hydrogens (primary N) is 1. The Morgan fingerprint density at radius 2 is 2.12 bits per heavy atom. The van der Waals surface area contributed by atoms with Crippen molar-refractivity contribution < 1.29 is 4.79 Å². The molecule has 0 aliphatic carbocycles. The van der Waals surface area contributed by atoms with Crippen LogP contribution in [0.3, 0.4) is 0 Å². The van der Waals surface area contributed by atoms with Gasteiger partial charge in [-0.15, -0.1) is 11.3 Å². The molecule has 2 aromatic rings. The molecule has 0 fully saturated rings. The molecule has 4 heteroatoms. The van der Waals surface area contributed by atoms with Crippen LogP contribution in [0.2, 0.25) is 0 Å². The highest BCUT2D eigenvalue weighted by Crippen LogP contribution is 2.19. The highest BCUT2D eigenvalue weighted by atomic mass is 32.1. The monoisotopic (exact) mass is 246 g/mol. The maximum absolute atomic E-state index is 12.0. The predicted molar refractivity (Wildman–Crippen MR) is 71.3 cm³/mol. The van der Waals surface area contributed by atoms with Crippen molar-refractivity contribution in [3.63, 3.8) is 0 Å². The Hall–Kier alpha value is -1.65. The van der Waals surface area contributed by atoms with Crippen molar-refractivity contribution in [2.45, 2.75) is 13.5 Å². The third-order valence-electron chi connectivity index (χ3n) is 2.55. The van der Waals surface area contributed by atoms with Crippen LogP contribution < -0.4 is 11.1 Å². The number of anilines is 1. The molecule has 0 bridgehead atoms. The molecule has 1 amide bonds. The summed E-state index contributed by atoms with van der Waals surface area (Å²) < 4.78 is 0. The first-order chi connectivity index (χ1) is 8.22. The summed E-state index contributed by atoms with van der Waals surface area (Å²) >= 11 is 1.45. The van der Waals surface area contributed by atoms with Gasteiger partial charge in [0.05, 0.1) is 4.88 Å². The van der Waals surface area contributed by atoms with Gasteiger partial charge in [-0.1, -0.05) is 18.2 Å². The zero-order valence-corrected chi connectivity index (χ0v) is 10.4. The fourth-order valence-electron chi connectivity index (χ4n) is 1.60. The van der Waals surface area contributed by atoms with Crippen molar-refractivity contribution in [3.05, 3.63) is 51.7 Å². The number of hydrogen-bond acceptors (Lipinski definition) is 3. The molecule has 3 nitrogen and oxygen atoms in total. The minimum Gasteiger partial charge on any atom is -0.326 e. The van der Waals surface area contributed by atoms with Crippen LogP contribution >= 0.6 is 11.3 Å². The first-order valence-corrected chi connectivity index (χ1v) is 6.23. The molecule has 0 saturated heterocycles. The van der Waals surface area contributed by atoms with Crippen molar-refractivity contribution in [1.29, 1.82) is 0 Å². The first-order valence-electron chi connectivity index (χ1n) is 5.36. The maximum Gasteiger partial charge on any atom is 0.266 e. The lowest BCUT2D eigenvalue weighted by Gasteiger charge is -2.08. The van der Waals surface area contributed by atoms with Gasteiger partial charge < -0.3 is 11.1 Å². The third-order valence-corrected chi connectivity index (χ3v) is 3.57. The van der Waals surface area contributed by atoms with E-state index >= 15 is 0 Å². The number of carbonyl (C=O) groups excluding carboxylic acids is 1.